The third kappa shape index (κ3) is 5.04. The second-order valence-electron chi connectivity index (χ2n) is 5.42. The van der Waals surface area contributed by atoms with Crippen molar-refractivity contribution in [2.24, 2.45) is 0 Å². The highest BCUT2D eigenvalue weighted by Gasteiger charge is 2.12. The van der Waals surface area contributed by atoms with E-state index in [9.17, 15) is 0 Å². The summed E-state index contributed by atoms with van der Waals surface area (Å²) in [5.41, 5.74) is 4.22. The van der Waals surface area contributed by atoms with Crippen LogP contribution in [0.15, 0.2) is 30.3 Å². The number of hydrogen-bond donors (Lipinski definition) is 2. The van der Waals surface area contributed by atoms with E-state index in [-0.39, 0.29) is 0 Å². The predicted molar refractivity (Wildman–Crippen MR) is 98.0 cm³/mol. The van der Waals surface area contributed by atoms with Crippen LogP contribution < -0.4 is 10.6 Å². The highest BCUT2D eigenvalue weighted by atomic mass is 32.1. The number of nitrogens with zero attached hydrogens (tertiary/aromatic N) is 2. The van der Waals surface area contributed by atoms with Gasteiger partial charge in [-0.25, -0.2) is 0 Å². The number of hydrogen-bond acceptors (Lipinski definition) is 3. The van der Waals surface area contributed by atoms with Gasteiger partial charge >= 0.3 is 0 Å². The van der Waals surface area contributed by atoms with E-state index in [1.807, 2.05) is 29.8 Å². The Labute approximate surface area is 143 Å². The summed E-state index contributed by atoms with van der Waals surface area (Å²) in [4.78, 5) is 0. The fraction of sp³-hybridized carbons (Fsp3) is 0.412. The van der Waals surface area contributed by atoms with E-state index >= 15 is 0 Å². The average Bonchev–Trinajstić information content (AvgIpc) is 2.80. The molecule has 5 nitrogen and oxygen atoms in total. The van der Waals surface area contributed by atoms with Crippen LogP contribution in [0.4, 0.5) is 5.69 Å². The highest BCUT2D eigenvalue weighted by molar-refractivity contribution is 7.80. The largest absolute Gasteiger partial charge is 0.385 e. The fourth-order valence-electron chi connectivity index (χ4n) is 2.36. The molecule has 0 radical (unpaired) electrons. The minimum absolute atomic E-state index is 0.617. The molecule has 0 atom stereocenters. The first-order chi connectivity index (χ1) is 11.1. The quantitative estimate of drug-likeness (QED) is 0.603. The lowest BCUT2D eigenvalue weighted by atomic mass is 10.2. The molecule has 0 aliphatic rings. The molecule has 1 aromatic heterocycles. The molecule has 2 rings (SSSR count). The monoisotopic (exact) mass is 332 g/mol. The molecule has 0 aliphatic heterocycles. The number of thiocarbonyl (C=S) groups is 1. The molecular weight excluding hydrogens is 308 g/mol. The molecule has 0 aliphatic carbocycles. The summed E-state index contributed by atoms with van der Waals surface area (Å²) in [5, 5.41) is 11.7. The Hall–Kier alpha value is -1.92. The normalized spacial score (nSPS) is 10.6. The highest BCUT2D eigenvalue weighted by Crippen LogP contribution is 2.20. The number of benzene rings is 1. The summed E-state index contributed by atoms with van der Waals surface area (Å²) in [6.45, 7) is 6.31. The lowest BCUT2D eigenvalue weighted by molar-refractivity contribution is 0.196. The molecule has 0 spiro atoms. The summed E-state index contributed by atoms with van der Waals surface area (Å²) in [5.74, 6) is 0. The van der Waals surface area contributed by atoms with Crippen LogP contribution in [-0.2, 0) is 11.3 Å². The van der Waals surface area contributed by atoms with Crippen LogP contribution >= 0.6 is 12.2 Å². The summed E-state index contributed by atoms with van der Waals surface area (Å²) < 4.78 is 7.02. The van der Waals surface area contributed by atoms with E-state index in [1.54, 1.807) is 7.11 Å². The number of aryl methyl sites for hydroxylation is 1. The van der Waals surface area contributed by atoms with Crippen LogP contribution in [0.1, 0.15) is 23.4 Å². The molecule has 1 aromatic carbocycles. The average molecular weight is 332 g/mol. The van der Waals surface area contributed by atoms with Crippen molar-refractivity contribution in [1.82, 2.24) is 15.1 Å². The topological polar surface area (TPSA) is 51.1 Å². The molecule has 23 heavy (non-hydrogen) atoms. The van der Waals surface area contributed by atoms with Crippen molar-refractivity contribution in [3.8, 4) is 0 Å². The van der Waals surface area contributed by atoms with Crippen molar-refractivity contribution in [3.05, 3.63) is 47.3 Å². The van der Waals surface area contributed by atoms with Gasteiger partial charge in [0, 0.05) is 20.3 Å². The number of aromatic nitrogens is 2. The Balaban J connectivity index is 1.99. The molecule has 0 saturated heterocycles. The maximum Gasteiger partial charge on any atom is 0.170 e. The lowest BCUT2D eigenvalue weighted by Gasteiger charge is -2.11. The summed E-state index contributed by atoms with van der Waals surface area (Å²) in [7, 11) is 1.70. The first-order valence-electron chi connectivity index (χ1n) is 7.73. The summed E-state index contributed by atoms with van der Waals surface area (Å²) in [6, 6.07) is 10.3. The zero-order valence-electron chi connectivity index (χ0n) is 13.9. The lowest BCUT2D eigenvalue weighted by Crippen LogP contribution is -2.30. The number of nitrogens with one attached hydrogen (secondary N) is 2. The smallest absolute Gasteiger partial charge is 0.170 e. The summed E-state index contributed by atoms with van der Waals surface area (Å²) >= 11 is 5.34. The van der Waals surface area contributed by atoms with Crippen LogP contribution in [0, 0.1) is 13.8 Å². The maximum atomic E-state index is 5.34. The first-order valence-corrected chi connectivity index (χ1v) is 8.14. The minimum atomic E-state index is 0.617. The fourth-order valence-corrected chi connectivity index (χ4v) is 2.57. The van der Waals surface area contributed by atoms with E-state index in [2.05, 4.69) is 34.8 Å². The molecule has 0 unspecified atom stereocenters. The Morgan fingerprint density at radius 1 is 1.26 bits per heavy atom. The first kappa shape index (κ1) is 17.4. The van der Waals surface area contributed by atoms with Gasteiger partial charge < -0.3 is 15.4 Å². The zero-order valence-corrected chi connectivity index (χ0v) is 14.7. The summed E-state index contributed by atoms with van der Waals surface area (Å²) in [6.07, 6.45) is 0.920. The molecule has 1 heterocycles. The van der Waals surface area contributed by atoms with Crippen molar-refractivity contribution in [3.63, 3.8) is 0 Å². The molecular formula is C17H24N4OS. The van der Waals surface area contributed by atoms with Gasteiger partial charge in [0.2, 0.25) is 0 Å². The Morgan fingerprint density at radius 2 is 2.00 bits per heavy atom. The Kier molecular flexibility index (Phi) is 6.55. The van der Waals surface area contributed by atoms with Crippen LogP contribution in [0.25, 0.3) is 0 Å². The van der Waals surface area contributed by atoms with Gasteiger partial charge in [-0.15, -0.1) is 0 Å². The van der Waals surface area contributed by atoms with Gasteiger partial charge in [-0.05, 0) is 38.0 Å². The van der Waals surface area contributed by atoms with E-state index < -0.39 is 0 Å². The number of rotatable bonds is 7. The van der Waals surface area contributed by atoms with Crippen LogP contribution in [0.2, 0.25) is 0 Å². The van der Waals surface area contributed by atoms with E-state index in [0.717, 1.165) is 43.2 Å². The second kappa shape index (κ2) is 8.64. The van der Waals surface area contributed by atoms with Gasteiger partial charge in [-0.1, -0.05) is 30.3 Å². The third-order valence-corrected chi connectivity index (χ3v) is 3.85. The molecule has 6 heteroatoms. The Morgan fingerprint density at radius 3 is 2.70 bits per heavy atom. The van der Waals surface area contributed by atoms with Gasteiger partial charge in [0.1, 0.15) is 0 Å². The van der Waals surface area contributed by atoms with E-state index in [4.69, 9.17) is 17.0 Å². The van der Waals surface area contributed by atoms with Crippen molar-refractivity contribution >= 4 is 23.0 Å². The zero-order chi connectivity index (χ0) is 16.7. The SMILES string of the molecule is COCCCNC(=S)Nc1c(C)nn(Cc2ccccc2)c1C. The standard InChI is InChI=1S/C17H24N4OS/c1-13-16(19-17(23)18-10-7-11-22-3)14(2)21(20-13)12-15-8-5-4-6-9-15/h4-6,8-9H,7,10-12H2,1-3H3,(H2,18,19,23). The van der Waals surface area contributed by atoms with Gasteiger partial charge in [0.25, 0.3) is 0 Å². The second-order valence-corrected chi connectivity index (χ2v) is 5.82. The number of methoxy groups -OCH3 is 1. The van der Waals surface area contributed by atoms with Crippen molar-refractivity contribution in [2.45, 2.75) is 26.8 Å². The molecule has 2 aromatic rings. The molecule has 0 bridgehead atoms. The van der Waals surface area contributed by atoms with Gasteiger partial charge in [0.15, 0.2) is 5.11 Å². The molecule has 124 valence electrons. The van der Waals surface area contributed by atoms with Crippen molar-refractivity contribution in [1.29, 1.82) is 0 Å². The van der Waals surface area contributed by atoms with Crippen molar-refractivity contribution < 1.29 is 4.74 Å². The molecule has 0 amide bonds. The maximum absolute atomic E-state index is 5.34. The third-order valence-electron chi connectivity index (χ3n) is 3.61. The number of anilines is 1. The van der Waals surface area contributed by atoms with Gasteiger partial charge in [-0.3, -0.25) is 4.68 Å². The van der Waals surface area contributed by atoms with E-state index in [1.165, 1.54) is 5.56 Å². The minimum Gasteiger partial charge on any atom is -0.385 e. The van der Waals surface area contributed by atoms with Crippen molar-refractivity contribution in [2.75, 3.05) is 25.6 Å². The van der Waals surface area contributed by atoms with Crippen LogP contribution in [0.3, 0.4) is 0 Å². The van der Waals surface area contributed by atoms with Crippen LogP contribution in [-0.4, -0.2) is 35.2 Å². The molecule has 0 fully saturated rings. The predicted octanol–water partition coefficient (Wildman–Crippen LogP) is 2.87. The number of ether oxygens (including phenoxy) is 1. The van der Waals surface area contributed by atoms with Gasteiger partial charge in [0.05, 0.1) is 23.6 Å². The molecule has 2 N–H and O–H groups in total. The van der Waals surface area contributed by atoms with Crippen LogP contribution in [0.5, 0.6) is 0 Å². The molecule has 0 saturated carbocycles. The van der Waals surface area contributed by atoms with Gasteiger partial charge in [-0.2, -0.15) is 5.10 Å². The Bertz CT molecular complexity index is 640. The van der Waals surface area contributed by atoms with E-state index in [0.29, 0.717) is 5.11 Å².